The van der Waals surface area contributed by atoms with E-state index >= 15 is 0 Å². The molecule has 0 saturated heterocycles. The van der Waals surface area contributed by atoms with Gasteiger partial charge in [-0.15, -0.1) is 0 Å². The lowest BCUT2D eigenvalue weighted by Gasteiger charge is -2.26. The lowest BCUT2D eigenvalue weighted by Crippen LogP contribution is -2.25. The number of aryl methyl sites for hydroxylation is 2. The van der Waals surface area contributed by atoms with Crippen LogP contribution in [0, 0.1) is 23.5 Å². The van der Waals surface area contributed by atoms with Crippen molar-refractivity contribution in [2.24, 2.45) is 11.8 Å². The predicted octanol–water partition coefficient (Wildman–Crippen LogP) is 5.87. The summed E-state index contributed by atoms with van der Waals surface area (Å²) >= 11 is 0. The van der Waals surface area contributed by atoms with Crippen molar-refractivity contribution in [3.63, 3.8) is 0 Å². The van der Waals surface area contributed by atoms with Crippen LogP contribution in [0.25, 0.3) is 0 Å². The number of hydrogen-bond donors (Lipinski definition) is 0. The Hall–Kier alpha value is -2.23. The molecule has 2 aromatic rings. The molecule has 1 fully saturated rings. The first-order chi connectivity index (χ1) is 13.0. The molecule has 0 spiro atoms. The lowest BCUT2D eigenvalue weighted by atomic mass is 9.81. The fraction of sp³-hybridized carbons (Fsp3) is 0.435. The summed E-state index contributed by atoms with van der Waals surface area (Å²) < 4.78 is 32.6. The highest BCUT2D eigenvalue weighted by molar-refractivity contribution is 5.75. The Morgan fingerprint density at radius 1 is 0.963 bits per heavy atom. The monoisotopic (exact) mass is 372 g/mol. The molecular formula is C23H26F2O2. The Morgan fingerprint density at radius 2 is 1.59 bits per heavy atom. The van der Waals surface area contributed by atoms with Crippen molar-refractivity contribution in [1.29, 1.82) is 0 Å². The Bertz CT molecular complexity index is 762. The first-order valence-corrected chi connectivity index (χ1v) is 9.79. The van der Waals surface area contributed by atoms with Crippen LogP contribution in [0.1, 0.15) is 50.2 Å². The molecule has 0 N–H and O–H groups in total. The third kappa shape index (κ3) is 5.38. The molecule has 0 aliphatic heterocycles. The van der Waals surface area contributed by atoms with Crippen LogP contribution in [0.3, 0.4) is 0 Å². The molecule has 3 rings (SSSR count). The largest absolute Gasteiger partial charge is 0.423 e. The van der Waals surface area contributed by atoms with Crippen molar-refractivity contribution in [2.45, 2.75) is 51.9 Å². The maximum Gasteiger partial charge on any atom is 0.314 e. The van der Waals surface area contributed by atoms with Gasteiger partial charge in [0.25, 0.3) is 0 Å². The van der Waals surface area contributed by atoms with Gasteiger partial charge in [-0.2, -0.15) is 0 Å². The SMILES string of the molecule is CCC1CCC(C(=O)Oc2ccc(CCc3ccc(F)cc3)cc2F)CC1. The predicted molar refractivity (Wildman–Crippen MR) is 102 cm³/mol. The summed E-state index contributed by atoms with van der Waals surface area (Å²) in [5, 5.41) is 0. The van der Waals surface area contributed by atoms with Crippen LogP contribution >= 0.6 is 0 Å². The second kappa shape index (κ2) is 9.12. The van der Waals surface area contributed by atoms with Crippen LogP contribution in [0.2, 0.25) is 0 Å². The Labute approximate surface area is 159 Å². The fourth-order valence-corrected chi connectivity index (χ4v) is 3.72. The van der Waals surface area contributed by atoms with E-state index in [1.54, 1.807) is 18.2 Å². The summed E-state index contributed by atoms with van der Waals surface area (Å²) in [6, 6.07) is 11.0. The smallest absolute Gasteiger partial charge is 0.314 e. The fourth-order valence-electron chi connectivity index (χ4n) is 3.72. The van der Waals surface area contributed by atoms with Crippen molar-refractivity contribution in [3.8, 4) is 5.75 Å². The number of benzene rings is 2. The molecule has 0 amide bonds. The normalized spacial score (nSPS) is 19.7. The quantitative estimate of drug-likeness (QED) is 0.468. The van der Waals surface area contributed by atoms with Crippen molar-refractivity contribution >= 4 is 5.97 Å². The minimum absolute atomic E-state index is 0.00291. The van der Waals surface area contributed by atoms with E-state index in [9.17, 15) is 13.6 Å². The van der Waals surface area contributed by atoms with E-state index in [-0.39, 0.29) is 23.5 Å². The summed E-state index contributed by atoms with van der Waals surface area (Å²) in [5.41, 5.74) is 1.81. The zero-order valence-electron chi connectivity index (χ0n) is 15.7. The molecule has 4 heteroatoms. The number of esters is 1. The second-order valence-corrected chi connectivity index (χ2v) is 7.44. The topological polar surface area (TPSA) is 26.3 Å². The van der Waals surface area contributed by atoms with Gasteiger partial charge in [0.05, 0.1) is 5.92 Å². The minimum atomic E-state index is -0.512. The molecule has 0 unspecified atom stereocenters. The number of carbonyl (C=O) groups is 1. The van der Waals surface area contributed by atoms with Gasteiger partial charge in [-0.25, -0.2) is 8.78 Å². The highest BCUT2D eigenvalue weighted by atomic mass is 19.1. The molecule has 0 heterocycles. The van der Waals surface area contributed by atoms with Gasteiger partial charge >= 0.3 is 5.97 Å². The van der Waals surface area contributed by atoms with Crippen molar-refractivity contribution in [2.75, 3.05) is 0 Å². The van der Waals surface area contributed by atoms with Gasteiger partial charge in [0.2, 0.25) is 0 Å². The third-order valence-electron chi connectivity index (χ3n) is 5.58. The van der Waals surface area contributed by atoms with Gasteiger partial charge in [0.1, 0.15) is 5.82 Å². The molecule has 2 aromatic carbocycles. The van der Waals surface area contributed by atoms with Crippen molar-refractivity contribution in [1.82, 2.24) is 0 Å². The van der Waals surface area contributed by atoms with Gasteiger partial charge in [0.15, 0.2) is 11.6 Å². The van der Waals surface area contributed by atoms with Crippen LogP contribution in [0.15, 0.2) is 42.5 Å². The van der Waals surface area contributed by atoms with Gasteiger partial charge in [0, 0.05) is 0 Å². The number of rotatable bonds is 6. The number of carbonyl (C=O) groups excluding carboxylic acids is 1. The van der Waals surface area contributed by atoms with E-state index in [0.717, 1.165) is 43.2 Å². The van der Waals surface area contributed by atoms with Crippen molar-refractivity contribution in [3.05, 3.63) is 65.2 Å². The average Bonchev–Trinajstić information content (AvgIpc) is 2.69. The van der Waals surface area contributed by atoms with Gasteiger partial charge < -0.3 is 4.74 Å². The second-order valence-electron chi connectivity index (χ2n) is 7.44. The van der Waals surface area contributed by atoms with E-state index < -0.39 is 5.82 Å². The number of hydrogen-bond acceptors (Lipinski definition) is 2. The van der Waals surface area contributed by atoms with E-state index in [0.29, 0.717) is 18.8 Å². The molecule has 0 atom stereocenters. The zero-order valence-corrected chi connectivity index (χ0v) is 15.7. The maximum atomic E-state index is 14.3. The minimum Gasteiger partial charge on any atom is -0.423 e. The average molecular weight is 372 g/mol. The molecule has 0 radical (unpaired) electrons. The Kier molecular flexibility index (Phi) is 6.59. The number of ether oxygens (including phenoxy) is 1. The molecular weight excluding hydrogens is 346 g/mol. The van der Waals surface area contributed by atoms with Crippen LogP contribution in [0.5, 0.6) is 5.75 Å². The standard InChI is InChI=1S/C23H26F2O2/c1-2-16-5-10-19(11-6-16)23(26)27-22-14-9-18(15-21(22)25)4-3-17-7-12-20(24)13-8-17/h7-9,12-16,19H,2-6,10-11H2,1H3. The first kappa shape index (κ1) is 19.5. The Morgan fingerprint density at radius 3 is 2.22 bits per heavy atom. The van der Waals surface area contributed by atoms with Crippen LogP contribution < -0.4 is 4.74 Å². The highest BCUT2D eigenvalue weighted by Crippen LogP contribution is 2.32. The summed E-state index contributed by atoms with van der Waals surface area (Å²) in [5.74, 6) is -0.511. The summed E-state index contributed by atoms with van der Waals surface area (Å²) in [6.07, 6.45) is 6.22. The van der Waals surface area contributed by atoms with Crippen LogP contribution in [0.4, 0.5) is 8.78 Å². The molecule has 27 heavy (non-hydrogen) atoms. The van der Waals surface area contributed by atoms with Gasteiger partial charge in [-0.3, -0.25) is 4.79 Å². The summed E-state index contributed by atoms with van der Waals surface area (Å²) in [6.45, 7) is 2.18. The van der Waals surface area contributed by atoms with Crippen LogP contribution in [-0.4, -0.2) is 5.97 Å². The molecule has 2 nitrogen and oxygen atoms in total. The molecule has 1 saturated carbocycles. The van der Waals surface area contributed by atoms with E-state index in [1.165, 1.54) is 24.3 Å². The van der Waals surface area contributed by atoms with Crippen molar-refractivity contribution < 1.29 is 18.3 Å². The van der Waals surface area contributed by atoms with Crippen LogP contribution in [-0.2, 0) is 17.6 Å². The molecule has 0 aromatic heterocycles. The van der Waals surface area contributed by atoms with E-state index in [1.807, 2.05) is 0 Å². The summed E-state index contributed by atoms with van der Waals surface area (Å²) in [4.78, 5) is 12.3. The van der Waals surface area contributed by atoms with E-state index in [4.69, 9.17) is 4.74 Å². The molecule has 1 aliphatic rings. The zero-order chi connectivity index (χ0) is 19.2. The number of halogens is 2. The first-order valence-electron chi connectivity index (χ1n) is 9.79. The molecule has 0 bridgehead atoms. The van der Waals surface area contributed by atoms with Gasteiger partial charge in [-0.1, -0.05) is 31.5 Å². The van der Waals surface area contributed by atoms with Gasteiger partial charge in [-0.05, 0) is 79.8 Å². The third-order valence-corrected chi connectivity index (χ3v) is 5.58. The lowest BCUT2D eigenvalue weighted by molar-refractivity contribution is -0.140. The molecule has 1 aliphatic carbocycles. The molecule has 144 valence electrons. The maximum absolute atomic E-state index is 14.3. The van der Waals surface area contributed by atoms with E-state index in [2.05, 4.69) is 6.92 Å². The summed E-state index contributed by atoms with van der Waals surface area (Å²) in [7, 11) is 0. The highest BCUT2D eigenvalue weighted by Gasteiger charge is 2.27. The Balaban J connectivity index is 1.54.